The van der Waals surface area contributed by atoms with Gasteiger partial charge in [-0.1, -0.05) is 32.0 Å². The number of hydrogen-bond donors (Lipinski definition) is 3. The van der Waals surface area contributed by atoms with Crippen molar-refractivity contribution in [3.05, 3.63) is 59.6 Å². The molecule has 3 rings (SSSR count). The van der Waals surface area contributed by atoms with Crippen molar-refractivity contribution in [1.29, 1.82) is 0 Å². The molecule has 0 atom stereocenters. The number of nitrogens with zero attached hydrogens (tertiary/aromatic N) is 1. The predicted molar refractivity (Wildman–Crippen MR) is 131 cm³/mol. The highest BCUT2D eigenvalue weighted by atomic mass is 32.1. The molecule has 0 saturated carbocycles. The van der Waals surface area contributed by atoms with Crippen LogP contribution in [-0.4, -0.2) is 36.4 Å². The fourth-order valence-corrected chi connectivity index (χ4v) is 3.53. The molecule has 1 aromatic heterocycles. The van der Waals surface area contributed by atoms with E-state index in [4.69, 9.17) is 9.47 Å². The Balaban J connectivity index is 1.51. The van der Waals surface area contributed by atoms with Gasteiger partial charge in [0, 0.05) is 22.7 Å². The molecule has 0 fully saturated rings. The number of thiazole rings is 1. The Kier molecular flexibility index (Phi) is 8.58. The lowest BCUT2D eigenvalue weighted by atomic mass is 10.2. The molecule has 178 valence electrons. The van der Waals surface area contributed by atoms with Crippen molar-refractivity contribution in [3.63, 3.8) is 0 Å². The largest absolute Gasteiger partial charge is 0.493 e. The molecule has 3 aromatic rings. The molecule has 1 heterocycles. The van der Waals surface area contributed by atoms with Crippen LogP contribution in [0.25, 0.3) is 0 Å². The van der Waals surface area contributed by atoms with Gasteiger partial charge < -0.3 is 25.4 Å². The summed E-state index contributed by atoms with van der Waals surface area (Å²) in [5, 5.41) is 10.4. The summed E-state index contributed by atoms with van der Waals surface area (Å²) in [5.41, 5.74) is 1.59. The van der Waals surface area contributed by atoms with Crippen LogP contribution in [0.2, 0.25) is 0 Å². The Morgan fingerprint density at radius 1 is 0.941 bits per heavy atom. The van der Waals surface area contributed by atoms with Gasteiger partial charge in [-0.15, -0.1) is 11.3 Å². The number of anilines is 3. The number of methoxy groups -OCH3 is 1. The smallest absolute Gasteiger partial charge is 0.262 e. The fraction of sp³-hybridized carbons (Fsp3) is 0.250. The first-order valence-corrected chi connectivity index (χ1v) is 11.4. The average Bonchev–Trinajstić information content (AvgIpc) is 3.24. The van der Waals surface area contributed by atoms with E-state index in [0.29, 0.717) is 33.7 Å². The molecule has 0 spiro atoms. The number of carbonyl (C=O) groups excluding carboxylic acids is 3. The molecule has 9 nitrogen and oxygen atoms in total. The number of nitrogens with one attached hydrogen (secondary N) is 3. The molecule has 3 N–H and O–H groups in total. The third kappa shape index (κ3) is 7.31. The summed E-state index contributed by atoms with van der Waals surface area (Å²) in [6.45, 7) is 3.39. The SMILES string of the molecule is COc1ccccc1OCC(=O)Nc1cccc(NC(=O)Cc2csc(NC(=O)C(C)C)n2)c1. The molecular formula is C24H26N4O5S. The van der Waals surface area contributed by atoms with Crippen LogP contribution in [0.3, 0.4) is 0 Å². The zero-order chi connectivity index (χ0) is 24.5. The number of aromatic nitrogens is 1. The maximum absolute atomic E-state index is 12.4. The van der Waals surface area contributed by atoms with E-state index in [1.807, 2.05) is 6.07 Å². The van der Waals surface area contributed by atoms with Crippen molar-refractivity contribution < 1.29 is 23.9 Å². The van der Waals surface area contributed by atoms with Crippen molar-refractivity contribution in [2.75, 3.05) is 29.7 Å². The van der Waals surface area contributed by atoms with Gasteiger partial charge in [0.2, 0.25) is 11.8 Å². The van der Waals surface area contributed by atoms with Gasteiger partial charge >= 0.3 is 0 Å². The van der Waals surface area contributed by atoms with E-state index in [-0.39, 0.29) is 36.7 Å². The molecule has 0 unspecified atom stereocenters. The number of rotatable bonds is 10. The van der Waals surface area contributed by atoms with Crippen LogP contribution in [-0.2, 0) is 20.8 Å². The maximum atomic E-state index is 12.4. The van der Waals surface area contributed by atoms with Gasteiger partial charge in [0.15, 0.2) is 23.2 Å². The molecule has 0 aliphatic heterocycles. The lowest BCUT2D eigenvalue weighted by molar-refractivity contribution is -0.119. The Hall–Kier alpha value is -3.92. The molecule has 0 aliphatic carbocycles. The second kappa shape index (κ2) is 11.8. The summed E-state index contributed by atoms with van der Waals surface area (Å²) in [5.74, 6) is 0.0983. The van der Waals surface area contributed by atoms with Crippen LogP contribution in [0.4, 0.5) is 16.5 Å². The number of amides is 3. The van der Waals surface area contributed by atoms with Crippen molar-refractivity contribution in [1.82, 2.24) is 4.98 Å². The highest BCUT2D eigenvalue weighted by molar-refractivity contribution is 7.13. The van der Waals surface area contributed by atoms with E-state index in [0.717, 1.165) is 0 Å². The molecule has 3 amide bonds. The van der Waals surface area contributed by atoms with Crippen molar-refractivity contribution in [2.45, 2.75) is 20.3 Å². The third-order valence-corrected chi connectivity index (χ3v) is 5.31. The lowest BCUT2D eigenvalue weighted by Gasteiger charge is -2.11. The number of ether oxygens (including phenoxy) is 2. The molecule has 0 radical (unpaired) electrons. The fourth-order valence-electron chi connectivity index (χ4n) is 2.82. The average molecular weight is 483 g/mol. The van der Waals surface area contributed by atoms with Crippen molar-refractivity contribution in [2.24, 2.45) is 5.92 Å². The van der Waals surface area contributed by atoms with E-state index in [9.17, 15) is 14.4 Å². The summed E-state index contributed by atoms with van der Waals surface area (Å²) in [7, 11) is 1.53. The van der Waals surface area contributed by atoms with Gasteiger partial charge in [-0.05, 0) is 30.3 Å². The summed E-state index contributed by atoms with van der Waals surface area (Å²) in [6.07, 6.45) is 0.0530. The molecule has 0 bridgehead atoms. The normalized spacial score (nSPS) is 10.5. The minimum Gasteiger partial charge on any atom is -0.493 e. The third-order valence-electron chi connectivity index (χ3n) is 4.51. The first-order valence-electron chi connectivity index (χ1n) is 10.5. The highest BCUT2D eigenvalue weighted by Gasteiger charge is 2.13. The summed E-state index contributed by atoms with van der Waals surface area (Å²) < 4.78 is 10.7. The zero-order valence-corrected chi connectivity index (χ0v) is 19.9. The minimum absolute atomic E-state index is 0.0530. The Morgan fingerprint density at radius 2 is 1.62 bits per heavy atom. The van der Waals surface area contributed by atoms with Gasteiger partial charge in [0.25, 0.3) is 5.91 Å². The van der Waals surface area contributed by atoms with Crippen LogP contribution >= 0.6 is 11.3 Å². The van der Waals surface area contributed by atoms with Crippen molar-refractivity contribution in [3.8, 4) is 11.5 Å². The maximum Gasteiger partial charge on any atom is 0.262 e. The molecule has 2 aromatic carbocycles. The van der Waals surface area contributed by atoms with Gasteiger partial charge in [0.05, 0.1) is 19.2 Å². The standard InChI is InChI=1S/C24H26N4O5S/c1-15(2)23(31)28-24-27-18(14-34-24)12-21(29)25-16-7-6-8-17(11-16)26-22(30)13-33-20-10-5-4-9-19(20)32-3/h4-11,14-15H,12-13H2,1-3H3,(H,25,29)(H,26,30)(H,27,28,31). The molecule has 0 saturated heterocycles. The molecular weight excluding hydrogens is 456 g/mol. The first-order chi connectivity index (χ1) is 16.3. The predicted octanol–water partition coefficient (Wildman–Crippen LogP) is 3.94. The minimum atomic E-state index is -0.354. The number of carbonyl (C=O) groups is 3. The van der Waals surface area contributed by atoms with Crippen LogP contribution < -0.4 is 25.4 Å². The monoisotopic (exact) mass is 482 g/mol. The Bertz CT molecular complexity index is 1160. The first kappa shape index (κ1) is 24.7. The van der Waals surface area contributed by atoms with E-state index in [1.54, 1.807) is 61.7 Å². The number of benzene rings is 2. The van der Waals surface area contributed by atoms with Gasteiger partial charge in [-0.2, -0.15) is 0 Å². The van der Waals surface area contributed by atoms with Crippen molar-refractivity contribution >= 4 is 45.6 Å². The van der Waals surface area contributed by atoms with Crippen LogP contribution in [0.1, 0.15) is 19.5 Å². The van der Waals surface area contributed by atoms with E-state index in [1.165, 1.54) is 18.4 Å². The quantitative estimate of drug-likeness (QED) is 0.403. The number of para-hydroxylation sites is 2. The summed E-state index contributed by atoms with van der Waals surface area (Å²) in [6, 6.07) is 13.8. The van der Waals surface area contributed by atoms with E-state index >= 15 is 0 Å². The second-order valence-corrected chi connectivity index (χ2v) is 8.44. The lowest BCUT2D eigenvalue weighted by Crippen LogP contribution is -2.20. The van der Waals surface area contributed by atoms with Crippen LogP contribution in [0.15, 0.2) is 53.9 Å². The molecule has 10 heteroatoms. The zero-order valence-electron chi connectivity index (χ0n) is 19.1. The van der Waals surface area contributed by atoms with E-state index in [2.05, 4.69) is 20.9 Å². The highest BCUT2D eigenvalue weighted by Crippen LogP contribution is 2.25. The summed E-state index contributed by atoms with van der Waals surface area (Å²) in [4.78, 5) is 40.7. The van der Waals surface area contributed by atoms with Gasteiger partial charge in [-0.25, -0.2) is 4.98 Å². The second-order valence-electron chi connectivity index (χ2n) is 7.58. The molecule has 0 aliphatic rings. The van der Waals surface area contributed by atoms with Gasteiger partial charge in [0.1, 0.15) is 0 Å². The van der Waals surface area contributed by atoms with Crippen LogP contribution in [0.5, 0.6) is 11.5 Å². The van der Waals surface area contributed by atoms with Crippen LogP contribution in [0, 0.1) is 5.92 Å². The topological polar surface area (TPSA) is 119 Å². The number of hydrogen-bond acceptors (Lipinski definition) is 7. The summed E-state index contributed by atoms with van der Waals surface area (Å²) >= 11 is 1.27. The Morgan fingerprint density at radius 3 is 2.29 bits per heavy atom. The van der Waals surface area contributed by atoms with E-state index < -0.39 is 0 Å². The Labute approximate surface area is 201 Å². The van der Waals surface area contributed by atoms with Gasteiger partial charge in [-0.3, -0.25) is 14.4 Å². The molecule has 34 heavy (non-hydrogen) atoms.